The number of aromatic nitrogens is 2. The van der Waals surface area contributed by atoms with Crippen LogP contribution in [0.5, 0.6) is 0 Å². The number of nitrogens with zero attached hydrogens (tertiary/aromatic N) is 2. The third kappa shape index (κ3) is 3.72. The molecule has 110 valence electrons. The van der Waals surface area contributed by atoms with Gasteiger partial charge < -0.3 is 0 Å². The number of benzene rings is 2. The molecule has 0 atom stereocenters. The predicted octanol–water partition coefficient (Wildman–Crippen LogP) is 4.25. The second kappa shape index (κ2) is 6.72. The van der Waals surface area contributed by atoms with Crippen LogP contribution in [0.4, 0.5) is 5.13 Å². The molecule has 0 fully saturated rings. The molecule has 1 amide bonds. The zero-order valence-corrected chi connectivity index (χ0v) is 13.4. The van der Waals surface area contributed by atoms with Crippen LogP contribution in [0.1, 0.15) is 15.9 Å². The second-order valence-electron chi connectivity index (χ2n) is 4.62. The normalized spacial score (nSPS) is 10.4. The van der Waals surface area contributed by atoms with Gasteiger partial charge in [0.15, 0.2) is 0 Å². The smallest absolute Gasteiger partial charge is 0.257 e. The number of rotatable bonds is 4. The van der Waals surface area contributed by atoms with Crippen molar-refractivity contribution in [2.75, 3.05) is 5.32 Å². The van der Waals surface area contributed by atoms with Crippen LogP contribution in [-0.2, 0) is 0 Å². The molecule has 2 aromatic carbocycles. The molecule has 3 rings (SSSR count). The second-order valence-corrected chi connectivity index (χ2v) is 6.41. The third-order valence-electron chi connectivity index (χ3n) is 2.89. The van der Waals surface area contributed by atoms with Crippen molar-refractivity contribution in [3.63, 3.8) is 0 Å². The lowest BCUT2D eigenvalue weighted by Gasteiger charge is -2.00. The average molecular weight is 327 g/mol. The Labute approximate surface area is 136 Å². The summed E-state index contributed by atoms with van der Waals surface area (Å²) >= 11 is 2.66. The van der Waals surface area contributed by atoms with E-state index >= 15 is 0 Å². The minimum absolute atomic E-state index is 0.177. The molecule has 0 unspecified atom stereocenters. The molecule has 4 nitrogen and oxygen atoms in total. The quantitative estimate of drug-likeness (QED) is 0.778. The Morgan fingerprint density at radius 2 is 1.82 bits per heavy atom. The van der Waals surface area contributed by atoms with Crippen molar-refractivity contribution in [1.29, 1.82) is 0 Å². The summed E-state index contributed by atoms with van der Waals surface area (Å²) in [6.45, 7) is 2.05. The van der Waals surface area contributed by atoms with Gasteiger partial charge in [0.1, 0.15) is 0 Å². The van der Waals surface area contributed by atoms with Gasteiger partial charge in [0.25, 0.3) is 5.91 Å². The maximum atomic E-state index is 12.0. The Balaban J connectivity index is 1.66. The van der Waals surface area contributed by atoms with Gasteiger partial charge in [0, 0.05) is 22.0 Å². The van der Waals surface area contributed by atoms with E-state index in [-0.39, 0.29) is 5.91 Å². The highest BCUT2D eigenvalue weighted by atomic mass is 32.2. The summed E-state index contributed by atoms with van der Waals surface area (Å²) < 4.78 is 4.26. The fraction of sp³-hybridized carbons (Fsp3) is 0.0625. The summed E-state index contributed by atoms with van der Waals surface area (Å²) in [5, 5.41) is 3.91. The van der Waals surface area contributed by atoms with Crippen molar-refractivity contribution in [2.24, 2.45) is 0 Å². The SMILES string of the molecule is Cc1ccc(Sc2nsc(NC(=O)c3ccccc3)n2)cc1. The fourth-order valence-electron chi connectivity index (χ4n) is 1.77. The lowest BCUT2D eigenvalue weighted by molar-refractivity contribution is 0.102. The zero-order chi connectivity index (χ0) is 15.4. The van der Waals surface area contributed by atoms with E-state index in [1.807, 2.05) is 49.4 Å². The number of anilines is 1. The van der Waals surface area contributed by atoms with Gasteiger partial charge in [0.2, 0.25) is 10.3 Å². The topological polar surface area (TPSA) is 54.9 Å². The monoisotopic (exact) mass is 327 g/mol. The number of carbonyl (C=O) groups excluding carboxylic acids is 1. The van der Waals surface area contributed by atoms with Gasteiger partial charge in [0.05, 0.1) is 0 Å². The van der Waals surface area contributed by atoms with Gasteiger partial charge in [-0.2, -0.15) is 9.36 Å². The van der Waals surface area contributed by atoms with Crippen LogP contribution in [0.15, 0.2) is 64.6 Å². The highest BCUT2D eigenvalue weighted by Crippen LogP contribution is 2.28. The summed E-state index contributed by atoms with van der Waals surface area (Å²) in [5.74, 6) is -0.177. The molecule has 0 aliphatic rings. The zero-order valence-electron chi connectivity index (χ0n) is 11.8. The molecule has 22 heavy (non-hydrogen) atoms. The largest absolute Gasteiger partial charge is 0.297 e. The highest BCUT2D eigenvalue weighted by Gasteiger charge is 2.10. The van der Waals surface area contributed by atoms with E-state index in [1.165, 1.54) is 28.9 Å². The first-order valence-electron chi connectivity index (χ1n) is 6.65. The summed E-state index contributed by atoms with van der Waals surface area (Å²) in [4.78, 5) is 17.4. The number of hydrogen-bond acceptors (Lipinski definition) is 5. The van der Waals surface area contributed by atoms with Gasteiger partial charge in [-0.25, -0.2) is 0 Å². The van der Waals surface area contributed by atoms with Crippen molar-refractivity contribution in [3.05, 3.63) is 65.7 Å². The maximum Gasteiger partial charge on any atom is 0.257 e. The van der Waals surface area contributed by atoms with Crippen molar-refractivity contribution >= 4 is 34.3 Å². The Bertz CT molecular complexity index is 770. The van der Waals surface area contributed by atoms with Gasteiger partial charge in [-0.1, -0.05) is 35.9 Å². The maximum absolute atomic E-state index is 12.0. The van der Waals surface area contributed by atoms with Crippen molar-refractivity contribution in [3.8, 4) is 0 Å². The summed E-state index contributed by atoms with van der Waals surface area (Å²) in [7, 11) is 0. The molecular formula is C16H13N3OS2. The first-order valence-corrected chi connectivity index (χ1v) is 8.24. The Hall–Kier alpha value is -2.18. The number of aryl methyl sites for hydroxylation is 1. The van der Waals surface area contributed by atoms with Crippen molar-refractivity contribution < 1.29 is 4.79 Å². The van der Waals surface area contributed by atoms with E-state index in [9.17, 15) is 4.79 Å². The first kappa shape index (κ1) is 14.7. The van der Waals surface area contributed by atoms with E-state index in [2.05, 4.69) is 14.7 Å². The standard InChI is InChI=1S/C16H13N3OS2/c1-11-7-9-13(10-8-11)21-16-18-15(22-19-16)17-14(20)12-5-3-2-4-6-12/h2-10H,1H3,(H,17,18,19,20). The van der Waals surface area contributed by atoms with Gasteiger partial charge >= 0.3 is 0 Å². The highest BCUT2D eigenvalue weighted by molar-refractivity contribution is 7.99. The molecule has 0 aliphatic heterocycles. The number of amides is 1. The van der Waals surface area contributed by atoms with Crippen LogP contribution in [0.25, 0.3) is 0 Å². The van der Waals surface area contributed by atoms with Crippen molar-refractivity contribution in [1.82, 2.24) is 9.36 Å². The van der Waals surface area contributed by atoms with Crippen LogP contribution >= 0.6 is 23.3 Å². The molecule has 3 aromatic rings. The minimum atomic E-state index is -0.177. The molecule has 0 radical (unpaired) electrons. The first-order chi connectivity index (χ1) is 10.7. The molecule has 0 saturated heterocycles. The summed E-state index contributed by atoms with van der Waals surface area (Å²) in [6, 6.07) is 17.2. The van der Waals surface area contributed by atoms with E-state index in [4.69, 9.17) is 0 Å². The van der Waals surface area contributed by atoms with E-state index in [1.54, 1.807) is 12.1 Å². The molecule has 6 heteroatoms. The number of hydrogen-bond donors (Lipinski definition) is 1. The lowest BCUT2D eigenvalue weighted by Crippen LogP contribution is -2.11. The summed E-state index contributed by atoms with van der Waals surface area (Å²) in [6.07, 6.45) is 0. The van der Waals surface area contributed by atoms with E-state index in [0.717, 1.165) is 4.90 Å². The third-order valence-corrected chi connectivity index (χ3v) is 4.51. The van der Waals surface area contributed by atoms with Gasteiger partial charge in [-0.15, -0.1) is 0 Å². The van der Waals surface area contributed by atoms with E-state index < -0.39 is 0 Å². The summed E-state index contributed by atoms with van der Waals surface area (Å²) in [5.41, 5.74) is 1.82. The molecule has 1 N–H and O–H groups in total. The molecular weight excluding hydrogens is 314 g/mol. The Morgan fingerprint density at radius 1 is 1.09 bits per heavy atom. The molecule has 0 saturated carbocycles. The molecule has 0 aliphatic carbocycles. The molecule has 1 heterocycles. The molecule has 0 spiro atoms. The van der Waals surface area contributed by atoms with Gasteiger partial charge in [-0.05, 0) is 43.0 Å². The van der Waals surface area contributed by atoms with Gasteiger partial charge in [-0.3, -0.25) is 10.1 Å². The van der Waals surface area contributed by atoms with E-state index in [0.29, 0.717) is 15.9 Å². The molecule has 0 bridgehead atoms. The molecule has 1 aromatic heterocycles. The van der Waals surface area contributed by atoms with Crippen LogP contribution in [-0.4, -0.2) is 15.3 Å². The lowest BCUT2D eigenvalue weighted by atomic mass is 10.2. The average Bonchev–Trinajstić information content (AvgIpc) is 2.97. The number of carbonyl (C=O) groups is 1. The Morgan fingerprint density at radius 3 is 2.55 bits per heavy atom. The predicted molar refractivity (Wildman–Crippen MR) is 89.6 cm³/mol. The Kier molecular flexibility index (Phi) is 4.50. The van der Waals surface area contributed by atoms with Crippen LogP contribution < -0.4 is 5.32 Å². The fourth-order valence-corrected chi connectivity index (χ4v) is 3.18. The van der Waals surface area contributed by atoms with Crippen molar-refractivity contribution in [2.45, 2.75) is 17.0 Å². The van der Waals surface area contributed by atoms with Crippen LogP contribution in [0, 0.1) is 6.92 Å². The van der Waals surface area contributed by atoms with Crippen LogP contribution in [0.2, 0.25) is 0 Å². The minimum Gasteiger partial charge on any atom is -0.297 e. The van der Waals surface area contributed by atoms with Crippen LogP contribution in [0.3, 0.4) is 0 Å². The number of nitrogens with one attached hydrogen (secondary N) is 1.